The van der Waals surface area contributed by atoms with Crippen LogP contribution >= 0.6 is 11.6 Å². The number of hydrogen-bond donors (Lipinski definition) is 0. The van der Waals surface area contributed by atoms with E-state index in [1.165, 1.54) is 4.90 Å². The van der Waals surface area contributed by atoms with Crippen LogP contribution in [-0.4, -0.2) is 10.9 Å². The van der Waals surface area contributed by atoms with Gasteiger partial charge in [-0.25, -0.2) is 4.98 Å². The van der Waals surface area contributed by atoms with E-state index in [0.29, 0.717) is 27.4 Å². The summed E-state index contributed by atoms with van der Waals surface area (Å²) in [4.78, 5) is 33.0. The Kier molecular flexibility index (Phi) is 4.22. The van der Waals surface area contributed by atoms with Crippen LogP contribution < -0.4 is 10.3 Å². The van der Waals surface area contributed by atoms with E-state index in [2.05, 4.69) is 4.98 Å². The van der Waals surface area contributed by atoms with Crippen LogP contribution in [0.4, 0.5) is 5.82 Å². The van der Waals surface area contributed by atoms with Crippen molar-refractivity contribution in [3.8, 4) is 0 Å². The quantitative estimate of drug-likeness (QED) is 0.450. The number of carbonyl (C=O) groups excluding carboxylic acids is 1. The molecule has 1 atom stereocenters. The number of aryl methyl sites for hydroxylation is 2. The van der Waals surface area contributed by atoms with Gasteiger partial charge in [-0.15, -0.1) is 0 Å². The Hall–Kier alpha value is -3.44. The lowest BCUT2D eigenvalue weighted by Crippen LogP contribution is -2.30. The van der Waals surface area contributed by atoms with E-state index < -0.39 is 11.9 Å². The summed E-state index contributed by atoms with van der Waals surface area (Å²) >= 11 is 6.24. The van der Waals surface area contributed by atoms with E-state index in [4.69, 9.17) is 16.0 Å². The number of pyridine rings is 1. The minimum Gasteiger partial charge on any atom is -0.450 e. The van der Waals surface area contributed by atoms with Crippen molar-refractivity contribution in [2.24, 2.45) is 0 Å². The van der Waals surface area contributed by atoms with Gasteiger partial charge in [0.25, 0.3) is 5.91 Å². The van der Waals surface area contributed by atoms with Crippen molar-refractivity contribution >= 4 is 34.3 Å². The number of rotatable bonds is 2. The minimum absolute atomic E-state index is 0.0460. The molecule has 4 aromatic rings. The van der Waals surface area contributed by atoms with Crippen LogP contribution in [0, 0.1) is 13.8 Å². The molecule has 30 heavy (non-hydrogen) atoms. The Morgan fingerprint density at radius 2 is 1.80 bits per heavy atom. The molecule has 0 radical (unpaired) electrons. The summed E-state index contributed by atoms with van der Waals surface area (Å²) in [5.41, 5.74) is 2.91. The molecule has 0 saturated carbocycles. The van der Waals surface area contributed by atoms with Crippen molar-refractivity contribution in [3.63, 3.8) is 0 Å². The predicted molar refractivity (Wildman–Crippen MR) is 116 cm³/mol. The second-order valence-electron chi connectivity index (χ2n) is 7.44. The number of halogens is 1. The summed E-state index contributed by atoms with van der Waals surface area (Å²) in [5, 5.41) is 0.971. The summed E-state index contributed by atoms with van der Waals surface area (Å²) in [7, 11) is 0. The summed E-state index contributed by atoms with van der Waals surface area (Å²) in [6.07, 6.45) is 0. The van der Waals surface area contributed by atoms with Gasteiger partial charge in [0.2, 0.25) is 5.76 Å². The van der Waals surface area contributed by atoms with Crippen LogP contribution in [0.2, 0.25) is 5.02 Å². The molecule has 1 amide bonds. The lowest BCUT2D eigenvalue weighted by molar-refractivity contribution is 0.0970. The largest absolute Gasteiger partial charge is 0.450 e. The Morgan fingerprint density at radius 1 is 1.00 bits per heavy atom. The number of carbonyl (C=O) groups is 1. The Morgan fingerprint density at radius 3 is 2.57 bits per heavy atom. The third-order valence-corrected chi connectivity index (χ3v) is 5.55. The molecule has 0 N–H and O–H groups in total. The van der Waals surface area contributed by atoms with E-state index in [-0.39, 0.29) is 11.2 Å². The normalized spacial score (nSPS) is 15.6. The standard InChI is InChI=1S/C24H17ClN2O3/c1-13-9-10-18-17(11-13)22(28)20-21(15-6-4-7-16(25)12-15)27(24(29)23(20)30-18)19-8-3-5-14(2)26-19/h3-12,21H,1-2H3/t21-/m0/s1. The van der Waals surface area contributed by atoms with Gasteiger partial charge in [0.05, 0.1) is 17.0 Å². The fourth-order valence-corrected chi connectivity index (χ4v) is 4.18. The van der Waals surface area contributed by atoms with Crippen LogP contribution in [0.25, 0.3) is 11.0 Å². The van der Waals surface area contributed by atoms with Crippen LogP contribution in [0.1, 0.15) is 39.0 Å². The zero-order valence-corrected chi connectivity index (χ0v) is 17.1. The average Bonchev–Trinajstić information content (AvgIpc) is 3.01. The zero-order valence-electron chi connectivity index (χ0n) is 16.3. The molecule has 148 valence electrons. The first-order chi connectivity index (χ1) is 14.4. The van der Waals surface area contributed by atoms with Gasteiger partial charge in [-0.1, -0.05) is 41.4 Å². The minimum atomic E-state index is -0.679. The highest BCUT2D eigenvalue weighted by Crippen LogP contribution is 2.41. The van der Waals surface area contributed by atoms with Crippen LogP contribution in [0.15, 0.2) is 69.9 Å². The SMILES string of the molecule is Cc1ccc2oc3c(c(=O)c2c1)[C@H](c1cccc(Cl)c1)N(c1cccc(C)n1)C3=O. The van der Waals surface area contributed by atoms with Crippen LogP contribution in [0.3, 0.4) is 0 Å². The fraction of sp³-hybridized carbons (Fsp3) is 0.125. The summed E-state index contributed by atoms with van der Waals surface area (Å²) < 4.78 is 5.96. The third-order valence-electron chi connectivity index (χ3n) is 5.31. The van der Waals surface area contributed by atoms with E-state index in [9.17, 15) is 9.59 Å². The van der Waals surface area contributed by atoms with Crippen molar-refractivity contribution in [3.05, 3.63) is 104 Å². The van der Waals surface area contributed by atoms with Crippen molar-refractivity contribution in [1.29, 1.82) is 0 Å². The molecule has 0 aliphatic carbocycles. The second-order valence-corrected chi connectivity index (χ2v) is 7.88. The van der Waals surface area contributed by atoms with Gasteiger partial charge >= 0.3 is 0 Å². The topological polar surface area (TPSA) is 63.4 Å². The Bertz CT molecular complexity index is 1390. The second kappa shape index (κ2) is 6.82. The van der Waals surface area contributed by atoms with E-state index in [0.717, 1.165) is 16.8 Å². The fourth-order valence-electron chi connectivity index (χ4n) is 3.98. The maximum atomic E-state index is 13.5. The lowest BCUT2D eigenvalue weighted by atomic mass is 9.98. The van der Waals surface area contributed by atoms with E-state index >= 15 is 0 Å². The molecule has 1 aliphatic heterocycles. The lowest BCUT2D eigenvalue weighted by Gasteiger charge is -2.24. The Labute approximate surface area is 177 Å². The third kappa shape index (κ3) is 2.82. The molecule has 0 unspecified atom stereocenters. The number of amides is 1. The highest BCUT2D eigenvalue weighted by molar-refractivity contribution is 6.30. The van der Waals surface area contributed by atoms with Gasteiger partial charge in [0.15, 0.2) is 5.43 Å². The Balaban J connectivity index is 1.84. The molecule has 0 saturated heterocycles. The zero-order chi connectivity index (χ0) is 21.0. The monoisotopic (exact) mass is 416 g/mol. The molecule has 0 spiro atoms. The molecule has 0 fully saturated rings. The molecule has 3 heterocycles. The van der Waals surface area contributed by atoms with Crippen LogP contribution in [0.5, 0.6) is 0 Å². The molecule has 6 heteroatoms. The first-order valence-electron chi connectivity index (χ1n) is 9.54. The molecule has 1 aliphatic rings. The predicted octanol–water partition coefficient (Wildman–Crippen LogP) is 5.21. The number of fused-ring (bicyclic) bond motifs is 2. The highest BCUT2D eigenvalue weighted by atomic mass is 35.5. The first kappa shape index (κ1) is 18.6. The van der Waals surface area contributed by atoms with Gasteiger partial charge in [-0.2, -0.15) is 0 Å². The summed E-state index contributed by atoms with van der Waals surface area (Å²) in [6, 6.07) is 17.3. The van der Waals surface area contributed by atoms with Gasteiger partial charge in [-0.3, -0.25) is 14.5 Å². The number of aromatic nitrogens is 1. The molecule has 0 bridgehead atoms. The number of benzene rings is 2. The first-order valence-corrected chi connectivity index (χ1v) is 9.92. The van der Waals surface area contributed by atoms with Gasteiger partial charge in [0.1, 0.15) is 11.4 Å². The van der Waals surface area contributed by atoms with Crippen molar-refractivity contribution in [2.45, 2.75) is 19.9 Å². The summed E-state index contributed by atoms with van der Waals surface area (Å²) in [5.74, 6) is 0.105. The van der Waals surface area contributed by atoms with Gasteiger partial charge in [0, 0.05) is 10.7 Å². The molecule has 2 aromatic heterocycles. The molecule has 5 rings (SSSR count). The smallest absolute Gasteiger partial charge is 0.296 e. The molecule has 2 aromatic carbocycles. The van der Waals surface area contributed by atoms with Gasteiger partial charge < -0.3 is 4.42 Å². The van der Waals surface area contributed by atoms with E-state index in [1.54, 1.807) is 36.4 Å². The highest BCUT2D eigenvalue weighted by Gasteiger charge is 2.44. The maximum Gasteiger partial charge on any atom is 0.296 e. The summed E-state index contributed by atoms with van der Waals surface area (Å²) in [6.45, 7) is 3.76. The van der Waals surface area contributed by atoms with E-state index in [1.807, 2.05) is 38.1 Å². The maximum absolute atomic E-state index is 13.5. The molecular weight excluding hydrogens is 400 g/mol. The molecule has 5 nitrogen and oxygen atoms in total. The van der Waals surface area contributed by atoms with Gasteiger partial charge in [-0.05, 0) is 55.8 Å². The number of anilines is 1. The van der Waals surface area contributed by atoms with Crippen molar-refractivity contribution < 1.29 is 9.21 Å². The van der Waals surface area contributed by atoms with Crippen molar-refractivity contribution in [1.82, 2.24) is 4.98 Å². The number of nitrogens with zero attached hydrogens (tertiary/aromatic N) is 2. The average molecular weight is 417 g/mol. The van der Waals surface area contributed by atoms with Crippen molar-refractivity contribution in [2.75, 3.05) is 4.90 Å². The molecular formula is C24H17ClN2O3. The van der Waals surface area contributed by atoms with Crippen LogP contribution in [-0.2, 0) is 0 Å². The number of hydrogen-bond acceptors (Lipinski definition) is 4.